The third-order valence-electron chi connectivity index (χ3n) is 4.38. The van der Waals surface area contributed by atoms with Crippen LogP contribution in [-0.2, 0) is 9.59 Å². The van der Waals surface area contributed by atoms with E-state index in [1.54, 1.807) is 24.3 Å². The van der Waals surface area contributed by atoms with E-state index in [4.69, 9.17) is 4.74 Å². The van der Waals surface area contributed by atoms with Gasteiger partial charge in [-0.25, -0.2) is 0 Å². The van der Waals surface area contributed by atoms with E-state index in [2.05, 4.69) is 10.6 Å². The summed E-state index contributed by atoms with van der Waals surface area (Å²) in [6, 6.07) is 18.1. The zero-order valence-electron chi connectivity index (χ0n) is 16.4. The van der Waals surface area contributed by atoms with E-state index in [-0.39, 0.29) is 17.6 Å². The van der Waals surface area contributed by atoms with Gasteiger partial charge < -0.3 is 20.5 Å². The topological polar surface area (TPSA) is 87.7 Å². The molecule has 0 unspecified atom stereocenters. The molecule has 0 saturated heterocycles. The molecular weight excluding hydrogens is 368 g/mol. The van der Waals surface area contributed by atoms with Crippen molar-refractivity contribution in [3.63, 3.8) is 0 Å². The quantitative estimate of drug-likeness (QED) is 0.592. The minimum Gasteiger partial charge on any atom is -0.507 e. The molecule has 3 aromatic rings. The Bertz CT molecular complexity index is 1060. The average Bonchev–Trinajstić information content (AvgIpc) is 2.68. The summed E-state index contributed by atoms with van der Waals surface area (Å²) in [6.07, 6.45) is 0. The smallest absolute Gasteiger partial charge is 0.221 e. The number of amides is 2. The van der Waals surface area contributed by atoms with Crippen molar-refractivity contribution in [2.24, 2.45) is 0 Å². The fourth-order valence-electron chi connectivity index (χ4n) is 3.10. The molecular formula is C23H22N2O4. The van der Waals surface area contributed by atoms with E-state index in [9.17, 15) is 14.7 Å². The molecule has 3 aromatic carbocycles. The third kappa shape index (κ3) is 4.55. The van der Waals surface area contributed by atoms with Crippen LogP contribution in [0.3, 0.4) is 0 Å². The van der Waals surface area contributed by atoms with Gasteiger partial charge in [-0.1, -0.05) is 36.4 Å². The number of methoxy groups -OCH3 is 1. The van der Waals surface area contributed by atoms with Crippen LogP contribution in [0.5, 0.6) is 11.5 Å². The Morgan fingerprint density at radius 1 is 0.828 bits per heavy atom. The van der Waals surface area contributed by atoms with E-state index < -0.39 is 0 Å². The summed E-state index contributed by atoms with van der Waals surface area (Å²) in [5.41, 5.74) is 4.14. The summed E-state index contributed by atoms with van der Waals surface area (Å²) in [5.74, 6) is 0.305. The van der Waals surface area contributed by atoms with Gasteiger partial charge in [-0.3, -0.25) is 9.59 Å². The second-order valence-corrected chi connectivity index (χ2v) is 6.56. The van der Waals surface area contributed by atoms with Gasteiger partial charge in [-0.05, 0) is 35.4 Å². The van der Waals surface area contributed by atoms with Crippen LogP contribution in [0.1, 0.15) is 13.8 Å². The van der Waals surface area contributed by atoms with Gasteiger partial charge in [0, 0.05) is 30.7 Å². The zero-order valence-corrected chi connectivity index (χ0v) is 16.4. The van der Waals surface area contributed by atoms with Crippen molar-refractivity contribution in [1.82, 2.24) is 0 Å². The molecule has 0 radical (unpaired) electrons. The molecule has 0 fully saturated rings. The molecule has 0 aliphatic carbocycles. The number of hydrogen-bond acceptors (Lipinski definition) is 4. The second kappa shape index (κ2) is 8.48. The molecule has 0 spiro atoms. The Morgan fingerprint density at radius 2 is 1.41 bits per heavy atom. The number of phenols is 1. The number of para-hydroxylation sites is 1. The van der Waals surface area contributed by atoms with Crippen LogP contribution in [0.25, 0.3) is 22.3 Å². The van der Waals surface area contributed by atoms with Gasteiger partial charge in [0.15, 0.2) is 0 Å². The highest BCUT2D eigenvalue weighted by atomic mass is 16.5. The van der Waals surface area contributed by atoms with Crippen LogP contribution >= 0.6 is 0 Å². The fraction of sp³-hybridized carbons (Fsp3) is 0.130. The number of rotatable bonds is 5. The fourth-order valence-corrected chi connectivity index (χ4v) is 3.10. The van der Waals surface area contributed by atoms with Gasteiger partial charge in [0.05, 0.1) is 12.8 Å². The maximum absolute atomic E-state index is 11.3. The maximum atomic E-state index is 11.3. The lowest BCUT2D eigenvalue weighted by Gasteiger charge is -2.14. The van der Waals surface area contributed by atoms with E-state index in [0.717, 1.165) is 11.1 Å². The molecule has 2 amide bonds. The van der Waals surface area contributed by atoms with Crippen LogP contribution in [0.15, 0.2) is 60.7 Å². The second-order valence-electron chi connectivity index (χ2n) is 6.56. The number of carbonyl (C=O) groups is 2. The molecule has 0 aliphatic rings. The first-order valence-corrected chi connectivity index (χ1v) is 9.05. The van der Waals surface area contributed by atoms with Crippen LogP contribution in [0.4, 0.5) is 11.4 Å². The number of ether oxygens (including phenoxy) is 1. The summed E-state index contributed by atoms with van der Waals surface area (Å²) in [4.78, 5) is 22.5. The molecule has 3 N–H and O–H groups in total. The van der Waals surface area contributed by atoms with Gasteiger partial charge in [-0.15, -0.1) is 0 Å². The largest absolute Gasteiger partial charge is 0.507 e. The van der Waals surface area contributed by atoms with Gasteiger partial charge in [0.25, 0.3) is 0 Å². The predicted molar refractivity (Wildman–Crippen MR) is 114 cm³/mol. The van der Waals surface area contributed by atoms with Crippen molar-refractivity contribution in [2.75, 3.05) is 17.7 Å². The maximum Gasteiger partial charge on any atom is 0.221 e. The van der Waals surface area contributed by atoms with Crippen LogP contribution in [0.2, 0.25) is 0 Å². The zero-order chi connectivity index (χ0) is 21.0. The first-order chi connectivity index (χ1) is 13.9. The summed E-state index contributed by atoms with van der Waals surface area (Å²) in [7, 11) is 1.53. The monoisotopic (exact) mass is 390 g/mol. The van der Waals surface area contributed by atoms with Gasteiger partial charge in [0.1, 0.15) is 11.5 Å². The standard InChI is InChI=1S/C23H22N2O4/c1-14(26)24-18-10-7-16(8-11-18)19-5-4-6-20(23(19)28)17-9-12-21(25-15(2)27)22(13-17)29-3/h4-13,28H,1-3H3,(H,24,26)(H,25,27). The summed E-state index contributed by atoms with van der Waals surface area (Å²) in [5, 5.41) is 16.3. The number of nitrogens with one attached hydrogen (secondary N) is 2. The van der Waals surface area contributed by atoms with Crippen molar-refractivity contribution in [1.29, 1.82) is 0 Å². The Kier molecular flexibility index (Phi) is 5.83. The van der Waals surface area contributed by atoms with Crippen molar-refractivity contribution in [2.45, 2.75) is 13.8 Å². The highest BCUT2D eigenvalue weighted by Gasteiger charge is 2.13. The van der Waals surface area contributed by atoms with Gasteiger partial charge in [-0.2, -0.15) is 0 Å². The van der Waals surface area contributed by atoms with Gasteiger partial charge in [0.2, 0.25) is 11.8 Å². The highest BCUT2D eigenvalue weighted by Crippen LogP contribution is 2.40. The normalized spacial score (nSPS) is 10.3. The Hall–Kier alpha value is -3.80. The Balaban J connectivity index is 1.98. The van der Waals surface area contributed by atoms with Crippen LogP contribution in [0, 0.1) is 0 Å². The lowest BCUT2D eigenvalue weighted by atomic mass is 9.97. The van der Waals surface area contributed by atoms with E-state index >= 15 is 0 Å². The van der Waals surface area contributed by atoms with Crippen molar-refractivity contribution >= 4 is 23.2 Å². The first kappa shape index (κ1) is 19.9. The summed E-state index contributed by atoms with van der Waals surface area (Å²) >= 11 is 0. The highest BCUT2D eigenvalue weighted by molar-refractivity contribution is 5.92. The summed E-state index contributed by atoms with van der Waals surface area (Å²) < 4.78 is 5.38. The minimum atomic E-state index is -0.191. The lowest BCUT2D eigenvalue weighted by molar-refractivity contribution is -0.115. The predicted octanol–water partition coefficient (Wildman–Crippen LogP) is 4.65. The molecule has 0 aliphatic heterocycles. The SMILES string of the molecule is COc1cc(-c2cccc(-c3ccc(NC(C)=O)cc3)c2O)ccc1NC(C)=O. The van der Waals surface area contributed by atoms with Crippen LogP contribution < -0.4 is 15.4 Å². The molecule has 6 nitrogen and oxygen atoms in total. The molecule has 0 atom stereocenters. The van der Waals surface area contributed by atoms with E-state index in [1.165, 1.54) is 21.0 Å². The number of phenolic OH excluding ortho intramolecular Hbond substituents is 1. The number of hydrogen-bond donors (Lipinski definition) is 3. The number of anilines is 2. The molecule has 3 rings (SSSR count). The van der Waals surface area contributed by atoms with Gasteiger partial charge >= 0.3 is 0 Å². The molecule has 6 heteroatoms. The molecule has 29 heavy (non-hydrogen) atoms. The lowest BCUT2D eigenvalue weighted by Crippen LogP contribution is -2.07. The van der Waals surface area contributed by atoms with E-state index in [1.807, 2.05) is 36.4 Å². The number of benzene rings is 3. The minimum absolute atomic E-state index is 0.133. The van der Waals surface area contributed by atoms with E-state index in [0.29, 0.717) is 28.3 Å². The Morgan fingerprint density at radius 3 is 2.00 bits per heavy atom. The molecule has 0 bridgehead atoms. The first-order valence-electron chi connectivity index (χ1n) is 9.05. The number of carbonyl (C=O) groups excluding carboxylic acids is 2. The summed E-state index contributed by atoms with van der Waals surface area (Å²) in [6.45, 7) is 2.88. The third-order valence-corrected chi connectivity index (χ3v) is 4.38. The van der Waals surface area contributed by atoms with Crippen molar-refractivity contribution in [3.05, 3.63) is 60.7 Å². The average molecular weight is 390 g/mol. The van der Waals surface area contributed by atoms with Crippen LogP contribution in [-0.4, -0.2) is 24.0 Å². The van der Waals surface area contributed by atoms with Crippen molar-refractivity contribution < 1.29 is 19.4 Å². The number of aromatic hydroxyl groups is 1. The molecule has 0 aromatic heterocycles. The Labute approximate surface area is 169 Å². The molecule has 148 valence electrons. The molecule has 0 saturated carbocycles. The molecule has 0 heterocycles. The van der Waals surface area contributed by atoms with Crippen molar-refractivity contribution in [3.8, 4) is 33.8 Å².